The Morgan fingerprint density at radius 1 is 0.359 bits per heavy atom. The molecule has 0 saturated heterocycles. The van der Waals surface area contributed by atoms with Crippen molar-refractivity contribution < 1.29 is 0 Å². The van der Waals surface area contributed by atoms with E-state index in [-0.39, 0.29) is 17.8 Å². The van der Waals surface area contributed by atoms with Crippen molar-refractivity contribution in [1.29, 1.82) is 0 Å². The molecule has 0 atom stereocenters. The van der Waals surface area contributed by atoms with Crippen molar-refractivity contribution in [2.24, 2.45) is 0 Å². The number of tetrazole rings is 3. The molecule has 0 N–H and O–H groups in total. The molecule has 39 heavy (non-hydrogen) atoms. The molecule has 7 aromatic rings. The van der Waals surface area contributed by atoms with Gasteiger partial charge in [-0.2, -0.15) is 15.0 Å². The fourth-order valence-corrected chi connectivity index (χ4v) is 3.62. The topological polar surface area (TPSA) is 169 Å². The van der Waals surface area contributed by atoms with Gasteiger partial charge in [-0.05, 0) is 15.6 Å². The van der Waals surface area contributed by atoms with Gasteiger partial charge in [0.05, 0.1) is 0 Å². The first-order valence-electron chi connectivity index (χ1n) is 11.6. The van der Waals surface area contributed by atoms with Crippen LogP contribution in [0.1, 0.15) is 0 Å². The summed E-state index contributed by atoms with van der Waals surface area (Å²) in [7, 11) is 0. The van der Waals surface area contributed by atoms with Crippen LogP contribution in [0.25, 0.3) is 52.0 Å². The third-order valence-corrected chi connectivity index (χ3v) is 5.47. The van der Waals surface area contributed by atoms with E-state index in [0.29, 0.717) is 17.5 Å². The smallest absolute Gasteiger partial charge is 0.170 e. The van der Waals surface area contributed by atoms with Crippen LogP contribution in [0, 0.1) is 0 Å². The van der Waals surface area contributed by atoms with Crippen molar-refractivity contribution in [2.45, 2.75) is 0 Å². The molecule has 0 spiro atoms. The highest BCUT2D eigenvalue weighted by Gasteiger charge is 2.19. The van der Waals surface area contributed by atoms with E-state index < -0.39 is 0 Å². The van der Waals surface area contributed by atoms with Crippen LogP contribution in [0.3, 0.4) is 0 Å². The number of aromatic nitrogens is 15. The summed E-state index contributed by atoms with van der Waals surface area (Å²) < 4.78 is 0. The van der Waals surface area contributed by atoms with Crippen molar-refractivity contribution in [3.63, 3.8) is 0 Å². The summed E-state index contributed by atoms with van der Waals surface area (Å²) in [4.78, 5) is 16.9. The van der Waals surface area contributed by atoms with E-state index >= 15 is 0 Å². The van der Waals surface area contributed by atoms with E-state index in [1.54, 1.807) is 0 Å². The molecule has 15 heteroatoms. The van der Waals surface area contributed by atoms with Gasteiger partial charge in [-0.1, -0.05) is 105 Å². The maximum absolute atomic E-state index is 4.46. The van der Waals surface area contributed by atoms with E-state index in [0.717, 1.165) is 16.7 Å². The second kappa shape index (κ2) is 9.40. The van der Waals surface area contributed by atoms with E-state index in [1.165, 1.54) is 14.4 Å². The third-order valence-electron chi connectivity index (χ3n) is 5.47. The molecule has 0 aliphatic carbocycles. The van der Waals surface area contributed by atoms with Crippen LogP contribution in [-0.2, 0) is 0 Å². The van der Waals surface area contributed by atoms with Crippen molar-refractivity contribution in [3.05, 3.63) is 91.0 Å². The van der Waals surface area contributed by atoms with Crippen molar-refractivity contribution in [2.75, 3.05) is 0 Å². The van der Waals surface area contributed by atoms with Gasteiger partial charge in [0.25, 0.3) is 17.8 Å². The first kappa shape index (κ1) is 22.1. The highest BCUT2D eigenvalue weighted by molar-refractivity contribution is 5.54. The predicted octanol–water partition coefficient (Wildman–Crippen LogP) is 1.80. The first-order valence-corrected chi connectivity index (χ1v) is 11.6. The van der Waals surface area contributed by atoms with Gasteiger partial charge in [0.15, 0.2) is 0 Å². The zero-order valence-corrected chi connectivity index (χ0v) is 19.9. The summed E-state index contributed by atoms with van der Waals surface area (Å²) in [6, 6.07) is 28.3. The lowest BCUT2D eigenvalue weighted by atomic mass is 10.2. The Labute approximate surface area is 218 Å². The van der Waals surface area contributed by atoms with E-state index in [2.05, 4.69) is 61.2 Å². The summed E-state index contributed by atoms with van der Waals surface area (Å²) in [5.74, 6) is 1.32. The summed E-state index contributed by atoms with van der Waals surface area (Å²) in [5.41, 5.74) is 2.36. The zero-order chi connectivity index (χ0) is 26.0. The quantitative estimate of drug-likeness (QED) is 0.316. The highest BCUT2D eigenvalue weighted by atomic mass is 15.7. The maximum atomic E-state index is 4.46. The van der Waals surface area contributed by atoms with E-state index in [9.17, 15) is 0 Å². The van der Waals surface area contributed by atoms with Crippen LogP contribution in [-0.4, -0.2) is 75.6 Å². The second-order valence-corrected chi connectivity index (χ2v) is 8.04. The number of benzene rings is 3. The Morgan fingerprint density at radius 3 is 0.923 bits per heavy atom. The minimum absolute atomic E-state index is 0.0433. The Morgan fingerprint density at radius 2 is 0.641 bits per heavy atom. The van der Waals surface area contributed by atoms with Crippen molar-refractivity contribution in [1.82, 2.24) is 75.6 Å². The molecule has 0 fully saturated rings. The molecule has 0 aliphatic rings. The van der Waals surface area contributed by atoms with Gasteiger partial charge in [0, 0.05) is 16.7 Å². The van der Waals surface area contributed by atoms with Gasteiger partial charge in [-0.3, -0.25) is 0 Å². The summed E-state index contributed by atoms with van der Waals surface area (Å²) in [6.45, 7) is 0. The molecule has 186 valence electrons. The lowest BCUT2D eigenvalue weighted by Crippen LogP contribution is -2.17. The fourth-order valence-electron chi connectivity index (χ4n) is 3.62. The average molecular weight is 513 g/mol. The van der Waals surface area contributed by atoms with Crippen LogP contribution >= 0.6 is 0 Å². The highest BCUT2D eigenvalue weighted by Crippen LogP contribution is 2.16. The number of hydrogen-bond acceptors (Lipinski definition) is 12. The van der Waals surface area contributed by atoms with Gasteiger partial charge in [-0.25, -0.2) is 0 Å². The monoisotopic (exact) mass is 513 g/mol. The molecule has 15 nitrogen and oxygen atoms in total. The van der Waals surface area contributed by atoms with Gasteiger partial charge in [-0.15, -0.1) is 30.6 Å². The van der Waals surface area contributed by atoms with Crippen LogP contribution in [0.15, 0.2) is 91.0 Å². The first-order chi connectivity index (χ1) is 19.3. The molecular weight excluding hydrogens is 498 g/mol. The second-order valence-electron chi connectivity index (χ2n) is 8.04. The predicted molar refractivity (Wildman–Crippen MR) is 134 cm³/mol. The van der Waals surface area contributed by atoms with Crippen LogP contribution in [0.5, 0.6) is 0 Å². The maximum Gasteiger partial charge on any atom is 0.277 e. The molecule has 0 radical (unpaired) electrons. The SMILES string of the molecule is c1ccc(-c2nnn(-c3nc(-n4nnc(-c5ccccc5)n4)nc(-n4nnc(-c5ccccc5)n4)n3)n2)cc1. The average Bonchev–Trinajstić information content (AvgIpc) is 3.80. The minimum atomic E-state index is 0.0433. The Bertz CT molecular complexity index is 1630. The Kier molecular flexibility index (Phi) is 5.33. The molecule has 7 rings (SSSR count). The third kappa shape index (κ3) is 4.35. The lowest BCUT2D eigenvalue weighted by molar-refractivity contribution is 0.603. The number of rotatable bonds is 6. The van der Waals surface area contributed by atoms with E-state index in [4.69, 9.17) is 0 Å². The van der Waals surface area contributed by atoms with Crippen molar-refractivity contribution >= 4 is 0 Å². The molecule has 0 aliphatic heterocycles. The molecule has 0 bridgehead atoms. The minimum Gasteiger partial charge on any atom is -0.170 e. The number of nitrogens with zero attached hydrogens (tertiary/aromatic N) is 15. The van der Waals surface area contributed by atoms with Crippen LogP contribution in [0.4, 0.5) is 0 Å². The normalized spacial score (nSPS) is 11.1. The van der Waals surface area contributed by atoms with Crippen LogP contribution in [0.2, 0.25) is 0 Å². The standard InChI is InChI=1S/C24H15N15/c1-4-10-16(11-5-1)19-28-34-37(31-19)22-25-23(38-32-20(29-35-38)17-12-6-2-7-13-17)27-24(26-22)39-33-21(30-36-39)18-14-8-3-9-15-18/h1-15H. The van der Waals surface area contributed by atoms with Gasteiger partial charge < -0.3 is 0 Å². The molecule has 0 unspecified atom stereocenters. The summed E-state index contributed by atoms with van der Waals surface area (Å²) in [6.07, 6.45) is 0. The summed E-state index contributed by atoms with van der Waals surface area (Å²) >= 11 is 0. The fraction of sp³-hybridized carbons (Fsp3) is 0. The molecule has 0 saturated carbocycles. The van der Waals surface area contributed by atoms with Gasteiger partial charge in [0.1, 0.15) is 0 Å². The zero-order valence-electron chi connectivity index (χ0n) is 19.9. The Hall–Kier alpha value is -6.12. The Balaban J connectivity index is 1.33. The molecule has 4 heterocycles. The van der Waals surface area contributed by atoms with Crippen LogP contribution < -0.4 is 0 Å². The van der Waals surface area contributed by atoms with Gasteiger partial charge >= 0.3 is 0 Å². The van der Waals surface area contributed by atoms with Gasteiger partial charge in [0.2, 0.25) is 17.5 Å². The summed E-state index contributed by atoms with van der Waals surface area (Å²) in [5, 5.41) is 38.1. The number of hydrogen-bond donors (Lipinski definition) is 0. The molecule has 3 aromatic carbocycles. The molecule has 0 amide bonds. The van der Waals surface area contributed by atoms with Crippen molar-refractivity contribution in [3.8, 4) is 52.0 Å². The molecule has 4 aromatic heterocycles. The van der Waals surface area contributed by atoms with E-state index in [1.807, 2.05) is 91.0 Å². The molecular formula is C24H15N15. The largest absolute Gasteiger partial charge is 0.277 e. The lowest BCUT2D eigenvalue weighted by Gasteiger charge is -2.03.